The molecule has 0 aliphatic heterocycles. The van der Waals surface area contributed by atoms with Gasteiger partial charge in [-0.1, -0.05) is 6.07 Å². The second-order valence-corrected chi connectivity index (χ2v) is 7.69. The first-order valence-corrected chi connectivity index (χ1v) is 9.05. The maximum atomic E-state index is 12.2. The van der Waals surface area contributed by atoms with Gasteiger partial charge in [-0.3, -0.25) is 4.79 Å². The van der Waals surface area contributed by atoms with Crippen molar-refractivity contribution in [1.29, 1.82) is 0 Å². The fourth-order valence-corrected chi connectivity index (χ4v) is 3.75. The second-order valence-electron chi connectivity index (χ2n) is 4.93. The van der Waals surface area contributed by atoms with Gasteiger partial charge in [0.25, 0.3) is 10.0 Å². The Hall–Kier alpha value is -1.37. The van der Waals surface area contributed by atoms with Gasteiger partial charge in [-0.2, -0.15) is 21.6 Å². The van der Waals surface area contributed by atoms with Gasteiger partial charge in [-0.25, -0.2) is 0 Å². The van der Waals surface area contributed by atoms with Crippen molar-refractivity contribution < 1.29 is 26.4 Å². The van der Waals surface area contributed by atoms with Crippen LogP contribution in [0.5, 0.6) is 0 Å². The van der Waals surface area contributed by atoms with Gasteiger partial charge in [0, 0.05) is 24.2 Å². The van der Waals surface area contributed by atoms with E-state index in [9.17, 15) is 26.4 Å². The summed E-state index contributed by atoms with van der Waals surface area (Å²) in [6, 6.07) is 4.44. The zero-order valence-electron chi connectivity index (χ0n) is 12.8. The molecule has 1 rings (SSSR count). The van der Waals surface area contributed by atoms with Crippen LogP contribution in [0.3, 0.4) is 0 Å². The SMILES string of the molecule is CN(C)C=NS(=O)(=O)c1cc(CCNC(=O)C(F)(F)F)ccc1I. The van der Waals surface area contributed by atoms with Crippen LogP contribution in [0.15, 0.2) is 27.5 Å². The van der Waals surface area contributed by atoms with Crippen molar-refractivity contribution in [1.82, 2.24) is 10.2 Å². The number of sulfonamides is 1. The zero-order valence-corrected chi connectivity index (χ0v) is 15.7. The summed E-state index contributed by atoms with van der Waals surface area (Å²) in [4.78, 5) is 12.1. The molecule has 0 bridgehead atoms. The van der Waals surface area contributed by atoms with E-state index in [0.29, 0.717) is 9.13 Å². The zero-order chi connectivity index (χ0) is 18.5. The van der Waals surface area contributed by atoms with E-state index < -0.39 is 22.1 Å². The van der Waals surface area contributed by atoms with Gasteiger partial charge < -0.3 is 10.2 Å². The number of carbonyl (C=O) groups is 1. The highest BCUT2D eigenvalue weighted by atomic mass is 127. The Morgan fingerprint density at radius 3 is 2.54 bits per heavy atom. The molecule has 0 fully saturated rings. The van der Waals surface area contributed by atoms with E-state index in [0.717, 1.165) is 6.34 Å². The Kier molecular flexibility index (Phi) is 7.01. The molecule has 1 aromatic carbocycles. The molecule has 1 N–H and O–H groups in total. The van der Waals surface area contributed by atoms with Gasteiger partial charge in [0.1, 0.15) is 11.2 Å². The summed E-state index contributed by atoms with van der Waals surface area (Å²) in [5, 5.41) is 1.73. The molecule has 0 saturated heterocycles. The van der Waals surface area contributed by atoms with Crippen LogP contribution in [-0.4, -0.2) is 52.4 Å². The van der Waals surface area contributed by atoms with Crippen LogP contribution >= 0.6 is 22.6 Å². The average molecular weight is 477 g/mol. The first kappa shape index (κ1) is 20.7. The maximum Gasteiger partial charge on any atom is 0.471 e. The lowest BCUT2D eigenvalue weighted by atomic mass is 10.1. The Morgan fingerprint density at radius 2 is 2.00 bits per heavy atom. The largest absolute Gasteiger partial charge is 0.471 e. The summed E-state index contributed by atoms with van der Waals surface area (Å²) in [7, 11) is -0.691. The van der Waals surface area contributed by atoms with Crippen LogP contribution in [0.25, 0.3) is 0 Å². The molecule has 0 aliphatic rings. The van der Waals surface area contributed by atoms with Crippen LogP contribution in [-0.2, 0) is 21.2 Å². The Balaban J connectivity index is 2.89. The lowest BCUT2D eigenvalue weighted by Gasteiger charge is -2.09. The molecule has 0 aromatic heterocycles. The van der Waals surface area contributed by atoms with Crippen LogP contribution in [0.4, 0.5) is 13.2 Å². The average Bonchev–Trinajstić information content (AvgIpc) is 2.45. The number of alkyl halides is 3. The second kappa shape index (κ2) is 8.14. The van der Waals surface area contributed by atoms with Crippen molar-refractivity contribution in [3.05, 3.63) is 27.3 Å². The van der Waals surface area contributed by atoms with Gasteiger partial charge in [-0.15, -0.1) is 4.40 Å². The van der Waals surface area contributed by atoms with E-state index >= 15 is 0 Å². The molecule has 0 radical (unpaired) electrons. The molecule has 1 aromatic rings. The van der Waals surface area contributed by atoms with Crippen molar-refractivity contribution in [2.24, 2.45) is 4.40 Å². The molecule has 6 nitrogen and oxygen atoms in total. The third-order valence-corrected chi connectivity index (χ3v) is 5.22. The normalized spacial score (nSPS) is 12.4. The first-order valence-electron chi connectivity index (χ1n) is 6.54. The van der Waals surface area contributed by atoms with Crippen molar-refractivity contribution in [3.8, 4) is 0 Å². The lowest BCUT2D eigenvalue weighted by molar-refractivity contribution is -0.173. The minimum absolute atomic E-state index is 0.0409. The molecule has 0 atom stereocenters. The molecule has 11 heteroatoms. The van der Waals surface area contributed by atoms with Crippen molar-refractivity contribution in [2.45, 2.75) is 17.5 Å². The van der Waals surface area contributed by atoms with Gasteiger partial charge in [0.15, 0.2) is 0 Å². The van der Waals surface area contributed by atoms with Gasteiger partial charge in [0.2, 0.25) is 0 Å². The number of hydrogen-bond acceptors (Lipinski definition) is 3. The van der Waals surface area contributed by atoms with E-state index in [4.69, 9.17) is 0 Å². The van der Waals surface area contributed by atoms with Crippen molar-refractivity contribution >= 4 is 44.9 Å². The van der Waals surface area contributed by atoms with Crippen LogP contribution in [0.1, 0.15) is 5.56 Å². The van der Waals surface area contributed by atoms with Crippen LogP contribution in [0, 0.1) is 3.57 Å². The highest BCUT2D eigenvalue weighted by Crippen LogP contribution is 2.22. The summed E-state index contributed by atoms with van der Waals surface area (Å²) in [6.45, 7) is -0.264. The van der Waals surface area contributed by atoms with E-state index in [1.165, 1.54) is 17.0 Å². The number of carbonyl (C=O) groups excluding carboxylic acids is 1. The highest BCUT2D eigenvalue weighted by molar-refractivity contribution is 14.1. The highest BCUT2D eigenvalue weighted by Gasteiger charge is 2.38. The third-order valence-electron chi connectivity index (χ3n) is 2.65. The molecule has 134 valence electrons. The van der Waals surface area contributed by atoms with Crippen LogP contribution < -0.4 is 5.32 Å². The van der Waals surface area contributed by atoms with Crippen molar-refractivity contribution in [2.75, 3.05) is 20.6 Å². The summed E-state index contributed by atoms with van der Waals surface area (Å²) >= 11 is 1.83. The fourth-order valence-electron chi connectivity index (χ4n) is 1.53. The maximum absolute atomic E-state index is 12.2. The van der Waals surface area contributed by atoms with E-state index in [2.05, 4.69) is 4.40 Å². The standard InChI is InChI=1S/C13H15F3IN3O3S/c1-20(2)8-19-24(22,23)11-7-9(3-4-10(11)17)5-6-18-12(21)13(14,15)16/h3-4,7-8H,5-6H2,1-2H3,(H,18,21). The monoisotopic (exact) mass is 477 g/mol. The molecule has 1 amide bonds. The number of nitrogens with zero attached hydrogens (tertiary/aromatic N) is 2. The third kappa shape index (κ3) is 6.26. The Morgan fingerprint density at radius 1 is 1.38 bits per heavy atom. The Bertz CT molecular complexity index is 734. The molecule has 0 spiro atoms. The molecule has 0 unspecified atom stereocenters. The molecule has 24 heavy (non-hydrogen) atoms. The van der Waals surface area contributed by atoms with E-state index in [1.807, 2.05) is 22.6 Å². The Labute approximate surface area is 151 Å². The summed E-state index contributed by atoms with van der Waals surface area (Å²) in [6.07, 6.45) is -3.75. The smallest absolute Gasteiger partial charge is 0.368 e. The van der Waals surface area contributed by atoms with Crippen molar-refractivity contribution in [3.63, 3.8) is 0 Å². The first-order chi connectivity index (χ1) is 10.9. The quantitative estimate of drug-likeness (QED) is 0.385. The minimum Gasteiger partial charge on any atom is -0.368 e. The number of amides is 1. The molecule has 0 saturated carbocycles. The summed E-state index contributed by atoms with van der Waals surface area (Å²) in [5.74, 6) is -2.03. The number of halogens is 4. The molecule has 0 aliphatic carbocycles. The predicted molar refractivity (Wildman–Crippen MR) is 91.3 cm³/mol. The number of benzene rings is 1. The topological polar surface area (TPSA) is 78.8 Å². The number of hydrogen-bond donors (Lipinski definition) is 1. The fraction of sp³-hybridized carbons (Fsp3) is 0.385. The number of nitrogens with one attached hydrogen (secondary N) is 1. The lowest BCUT2D eigenvalue weighted by Crippen LogP contribution is -2.37. The predicted octanol–water partition coefficient (Wildman–Crippen LogP) is 1.79. The summed E-state index contributed by atoms with van der Waals surface area (Å²) in [5.41, 5.74) is 0.469. The molecule has 0 heterocycles. The summed E-state index contributed by atoms with van der Waals surface area (Å²) < 4.78 is 64.6. The molecular formula is C13H15F3IN3O3S. The van der Waals surface area contributed by atoms with E-state index in [-0.39, 0.29) is 17.9 Å². The van der Waals surface area contributed by atoms with E-state index in [1.54, 1.807) is 25.5 Å². The molecular weight excluding hydrogens is 462 g/mol. The minimum atomic E-state index is -4.94. The van der Waals surface area contributed by atoms with Gasteiger partial charge in [0.05, 0.1) is 0 Å². The van der Waals surface area contributed by atoms with Crippen LogP contribution in [0.2, 0.25) is 0 Å². The van der Waals surface area contributed by atoms with Gasteiger partial charge >= 0.3 is 12.1 Å². The number of rotatable bonds is 6. The van der Waals surface area contributed by atoms with Gasteiger partial charge in [-0.05, 0) is 46.7 Å².